The lowest BCUT2D eigenvalue weighted by molar-refractivity contribution is -0.114. The van der Waals surface area contributed by atoms with Crippen molar-refractivity contribution in [2.24, 2.45) is 0 Å². The quantitative estimate of drug-likeness (QED) is 0.801. The summed E-state index contributed by atoms with van der Waals surface area (Å²) in [5.74, 6) is -1.14. The number of amides is 1. The molecule has 1 aliphatic rings. The number of aryl methyl sites for hydroxylation is 2. The molecule has 0 saturated carbocycles. The summed E-state index contributed by atoms with van der Waals surface area (Å²) in [6.07, 6.45) is 3.78. The van der Waals surface area contributed by atoms with Crippen molar-refractivity contribution in [2.75, 3.05) is 23.3 Å². The molecule has 5 nitrogen and oxygen atoms in total. The van der Waals surface area contributed by atoms with Crippen LogP contribution in [0.2, 0.25) is 0 Å². The Morgan fingerprint density at radius 1 is 1.27 bits per heavy atom. The van der Waals surface area contributed by atoms with Crippen LogP contribution >= 0.6 is 11.3 Å². The second-order valence-corrected chi connectivity index (χ2v) is 7.73. The first kappa shape index (κ1) is 18.5. The minimum atomic E-state index is -0.953. The molecule has 1 aromatic carbocycles. The van der Waals surface area contributed by atoms with Crippen LogP contribution in [0, 0.1) is 6.92 Å². The predicted molar refractivity (Wildman–Crippen MR) is 106 cm³/mol. The standard InChI is InChI=1S/C20H24N2O3S/c1-3-22(14-8-6-7-13(2)11-14)12-17(23)21-19-18(20(24)25)15-9-4-5-10-16(15)26-19/h6-8,11H,3-5,9-10,12H2,1-2H3,(H,21,23)(H,24,25). The Bertz CT molecular complexity index is 828. The lowest BCUT2D eigenvalue weighted by Crippen LogP contribution is -2.33. The van der Waals surface area contributed by atoms with E-state index in [1.165, 1.54) is 11.3 Å². The first-order chi connectivity index (χ1) is 12.5. The van der Waals surface area contributed by atoms with Gasteiger partial charge in [-0.3, -0.25) is 4.79 Å². The van der Waals surface area contributed by atoms with Crippen LogP contribution in [0.4, 0.5) is 10.7 Å². The lowest BCUT2D eigenvalue weighted by Gasteiger charge is -2.22. The van der Waals surface area contributed by atoms with Crippen LogP contribution in [0.15, 0.2) is 24.3 Å². The SMILES string of the molecule is CCN(CC(=O)Nc1sc2c(c1C(=O)O)CCCC2)c1cccc(C)c1. The van der Waals surface area contributed by atoms with Crippen molar-refractivity contribution >= 4 is 33.9 Å². The number of likely N-dealkylation sites (N-methyl/N-ethyl adjacent to an activating group) is 1. The number of fused-ring (bicyclic) bond motifs is 1. The first-order valence-electron chi connectivity index (χ1n) is 8.99. The van der Waals surface area contributed by atoms with Crippen molar-refractivity contribution in [3.8, 4) is 0 Å². The van der Waals surface area contributed by atoms with Crippen LogP contribution in [0.1, 0.15) is 46.1 Å². The van der Waals surface area contributed by atoms with E-state index in [2.05, 4.69) is 5.32 Å². The zero-order chi connectivity index (χ0) is 18.7. The Labute approximate surface area is 157 Å². The Hall–Kier alpha value is -2.34. The van der Waals surface area contributed by atoms with E-state index in [0.29, 0.717) is 11.5 Å². The number of carboxylic acids is 1. The molecule has 0 spiro atoms. The second-order valence-electron chi connectivity index (χ2n) is 6.62. The van der Waals surface area contributed by atoms with Crippen LogP contribution in [-0.4, -0.2) is 30.1 Å². The Balaban J connectivity index is 1.77. The van der Waals surface area contributed by atoms with Gasteiger partial charge in [0.1, 0.15) is 5.00 Å². The number of hydrogen-bond donors (Lipinski definition) is 2. The Morgan fingerprint density at radius 2 is 2.04 bits per heavy atom. The molecule has 1 aliphatic carbocycles. The normalized spacial score (nSPS) is 13.2. The van der Waals surface area contributed by atoms with E-state index in [1.54, 1.807) is 0 Å². The van der Waals surface area contributed by atoms with Gasteiger partial charge in [-0.05, 0) is 62.8 Å². The Kier molecular flexibility index (Phi) is 5.61. The number of thiophene rings is 1. The van der Waals surface area contributed by atoms with E-state index in [0.717, 1.165) is 47.4 Å². The molecular formula is C20H24N2O3S. The molecule has 2 aromatic rings. The van der Waals surface area contributed by atoms with E-state index in [1.807, 2.05) is 43.0 Å². The zero-order valence-corrected chi connectivity index (χ0v) is 16.0. The van der Waals surface area contributed by atoms with Gasteiger partial charge in [-0.2, -0.15) is 0 Å². The maximum atomic E-state index is 12.6. The summed E-state index contributed by atoms with van der Waals surface area (Å²) in [4.78, 5) is 27.4. The molecule has 6 heteroatoms. The van der Waals surface area contributed by atoms with Gasteiger partial charge in [0.05, 0.1) is 12.1 Å². The molecule has 1 heterocycles. The number of hydrogen-bond acceptors (Lipinski definition) is 4. The minimum absolute atomic E-state index is 0.186. The van der Waals surface area contributed by atoms with Crippen molar-refractivity contribution < 1.29 is 14.7 Å². The minimum Gasteiger partial charge on any atom is -0.478 e. The highest BCUT2D eigenvalue weighted by molar-refractivity contribution is 7.17. The topological polar surface area (TPSA) is 69.6 Å². The number of carbonyl (C=O) groups is 2. The smallest absolute Gasteiger partial charge is 0.339 e. The van der Waals surface area contributed by atoms with Crippen LogP contribution in [-0.2, 0) is 17.6 Å². The fourth-order valence-electron chi connectivity index (χ4n) is 3.43. The number of rotatable bonds is 6. The van der Waals surface area contributed by atoms with Gasteiger partial charge in [0, 0.05) is 17.1 Å². The number of carbonyl (C=O) groups excluding carboxylic acids is 1. The van der Waals surface area contributed by atoms with Crippen molar-refractivity contribution in [3.63, 3.8) is 0 Å². The molecule has 0 unspecified atom stereocenters. The molecule has 0 fully saturated rings. The fourth-order valence-corrected chi connectivity index (χ4v) is 4.73. The largest absolute Gasteiger partial charge is 0.478 e. The summed E-state index contributed by atoms with van der Waals surface area (Å²) in [6.45, 7) is 4.92. The van der Waals surface area contributed by atoms with E-state index >= 15 is 0 Å². The van der Waals surface area contributed by atoms with Gasteiger partial charge < -0.3 is 15.3 Å². The van der Waals surface area contributed by atoms with Gasteiger partial charge in [0.2, 0.25) is 5.91 Å². The highest BCUT2D eigenvalue weighted by Crippen LogP contribution is 2.38. The van der Waals surface area contributed by atoms with Gasteiger partial charge >= 0.3 is 5.97 Å². The molecule has 1 aromatic heterocycles. The lowest BCUT2D eigenvalue weighted by atomic mass is 9.95. The highest BCUT2D eigenvalue weighted by atomic mass is 32.1. The molecule has 0 saturated heterocycles. The molecule has 0 radical (unpaired) electrons. The first-order valence-corrected chi connectivity index (χ1v) is 9.80. The maximum absolute atomic E-state index is 12.6. The van der Waals surface area contributed by atoms with Gasteiger partial charge in [0.15, 0.2) is 0 Å². The molecule has 0 bridgehead atoms. The summed E-state index contributed by atoms with van der Waals surface area (Å²) in [6, 6.07) is 8.02. The molecular weight excluding hydrogens is 348 g/mol. The third kappa shape index (κ3) is 3.90. The third-order valence-corrected chi connectivity index (χ3v) is 5.93. The second kappa shape index (κ2) is 7.91. The van der Waals surface area contributed by atoms with E-state index in [9.17, 15) is 14.7 Å². The van der Waals surface area contributed by atoms with E-state index in [-0.39, 0.29) is 18.0 Å². The molecule has 138 valence electrons. The molecule has 1 amide bonds. The average Bonchev–Trinajstić information content (AvgIpc) is 2.97. The summed E-state index contributed by atoms with van der Waals surface area (Å²) in [5.41, 5.74) is 3.33. The molecule has 0 aliphatic heterocycles. The van der Waals surface area contributed by atoms with Crippen molar-refractivity contribution in [1.82, 2.24) is 0 Å². The summed E-state index contributed by atoms with van der Waals surface area (Å²) in [5, 5.41) is 12.9. The molecule has 3 rings (SSSR count). The van der Waals surface area contributed by atoms with Gasteiger partial charge in [0.25, 0.3) is 0 Å². The predicted octanol–water partition coefficient (Wildman–Crippen LogP) is 4.10. The number of carboxylic acid groups (broad SMARTS) is 1. The third-order valence-electron chi connectivity index (χ3n) is 4.72. The van der Waals surface area contributed by atoms with E-state index < -0.39 is 5.97 Å². The van der Waals surface area contributed by atoms with Crippen LogP contribution in [0.3, 0.4) is 0 Å². The fraction of sp³-hybridized carbons (Fsp3) is 0.400. The van der Waals surface area contributed by atoms with Crippen LogP contribution < -0.4 is 10.2 Å². The number of anilines is 2. The maximum Gasteiger partial charge on any atom is 0.339 e. The van der Waals surface area contributed by atoms with Gasteiger partial charge in [-0.25, -0.2) is 4.79 Å². The van der Waals surface area contributed by atoms with Gasteiger partial charge in [-0.15, -0.1) is 11.3 Å². The Morgan fingerprint density at radius 3 is 2.73 bits per heavy atom. The molecule has 26 heavy (non-hydrogen) atoms. The number of benzene rings is 1. The van der Waals surface area contributed by atoms with Gasteiger partial charge in [-0.1, -0.05) is 12.1 Å². The average molecular weight is 372 g/mol. The summed E-state index contributed by atoms with van der Waals surface area (Å²) >= 11 is 1.42. The number of aromatic carboxylic acids is 1. The molecule has 0 atom stereocenters. The van der Waals surface area contributed by atoms with Crippen molar-refractivity contribution in [1.29, 1.82) is 0 Å². The zero-order valence-electron chi connectivity index (χ0n) is 15.2. The summed E-state index contributed by atoms with van der Waals surface area (Å²) < 4.78 is 0. The molecule has 2 N–H and O–H groups in total. The summed E-state index contributed by atoms with van der Waals surface area (Å²) in [7, 11) is 0. The van der Waals surface area contributed by atoms with Crippen LogP contribution in [0.25, 0.3) is 0 Å². The number of nitrogens with zero attached hydrogens (tertiary/aromatic N) is 1. The van der Waals surface area contributed by atoms with E-state index in [4.69, 9.17) is 0 Å². The van der Waals surface area contributed by atoms with Crippen LogP contribution in [0.5, 0.6) is 0 Å². The van der Waals surface area contributed by atoms with Crippen molar-refractivity contribution in [3.05, 3.63) is 45.8 Å². The highest BCUT2D eigenvalue weighted by Gasteiger charge is 2.26. The number of nitrogens with one attached hydrogen (secondary N) is 1. The monoisotopic (exact) mass is 372 g/mol. The van der Waals surface area contributed by atoms with Crippen molar-refractivity contribution in [2.45, 2.75) is 39.5 Å².